The highest BCUT2D eigenvalue weighted by molar-refractivity contribution is 5.94. The van der Waals surface area contributed by atoms with E-state index in [1.54, 1.807) is 0 Å². The zero-order chi connectivity index (χ0) is 14.4. The van der Waals surface area contributed by atoms with Gasteiger partial charge in [0.05, 0.1) is 6.61 Å². The third kappa shape index (κ3) is 3.51. The van der Waals surface area contributed by atoms with Crippen molar-refractivity contribution in [1.29, 1.82) is 0 Å². The Kier molecular flexibility index (Phi) is 5.41. The summed E-state index contributed by atoms with van der Waals surface area (Å²) >= 11 is 0. The van der Waals surface area contributed by atoms with Crippen LogP contribution in [-0.4, -0.2) is 36.5 Å². The van der Waals surface area contributed by atoms with E-state index in [9.17, 15) is 4.79 Å². The zero-order valence-electron chi connectivity index (χ0n) is 12.2. The molecule has 0 radical (unpaired) electrons. The van der Waals surface area contributed by atoms with Crippen LogP contribution in [0.2, 0.25) is 0 Å². The molecule has 1 fully saturated rings. The summed E-state index contributed by atoms with van der Waals surface area (Å²) in [6.45, 7) is 4.15. The molecule has 1 unspecified atom stereocenters. The molecule has 1 atom stereocenters. The monoisotopic (exact) mass is 276 g/mol. The van der Waals surface area contributed by atoms with Gasteiger partial charge in [-0.3, -0.25) is 4.79 Å². The highest BCUT2D eigenvalue weighted by Gasteiger charge is 2.28. The minimum Gasteiger partial charge on any atom is -0.494 e. The van der Waals surface area contributed by atoms with Gasteiger partial charge in [-0.05, 0) is 63.4 Å². The Morgan fingerprint density at radius 3 is 2.80 bits per heavy atom. The summed E-state index contributed by atoms with van der Waals surface area (Å²) in [5, 5.41) is 0. The quantitative estimate of drug-likeness (QED) is 0.868. The van der Waals surface area contributed by atoms with Crippen molar-refractivity contribution in [2.45, 2.75) is 38.6 Å². The maximum Gasteiger partial charge on any atom is 0.254 e. The van der Waals surface area contributed by atoms with Crippen molar-refractivity contribution in [3.63, 3.8) is 0 Å². The lowest BCUT2D eigenvalue weighted by atomic mass is 10.1. The molecule has 1 aromatic rings. The lowest BCUT2D eigenvalue weighted by molar-refractivity contribution is 0.0729. The summed E-state index contributed by atoms with van der Waals surface area (Å²) in [6, 6.07) is 7.79. The van der Waals surface area contributed by atoms with Gasteiger partial charge < -0.3 is 15.4 Å². The predicted octanol–water partition coefficient (Wildman–Crippen LogP) is 2.43. The van der Waals surface area contributed by atoms with Crippen molar-refractivity contribution in [2.75, 3.05) is 19.7 Å². The number of hydrogen-bond acceptors (Lipinski definition) is 3. The third-order valence-corrected chi connectivity index (χ3v) is 3.79. The van der Waals surface area contributed by atoms with Gasteiger partial charge in [-0.15, -0.1) is 0 Å². The molecule has 1 aromatic carbocycles. The topological polar surface area (TPSA) is 55.6 Å². The predicted molar refractivity (Wildman–Crippen MR) is 80.0 cm³/mol. The molecule has 110 valence electrons. The molecule has 1 heterocycles. The molecule has 0 aromatic heterocycles. The summed E-state index contributed by atoms with van der Waals surface area (Å²) in [5.74, 6) is 0.942. The Hall–Kier alpha value is -1.55. The first-order chi connectivity index (χ1) is 9.76. The smallest absolute Gasteiger partial charge is 0.254 e. The summed E-state index contributed by atoms with van der Waals surface area (Å²) in [7, 11) is 0. The number of rotatable bonds is 6. The first-order valence-corrected chi connectivity index (χ1v) is 7.50. The lowest BCUT2D eigenvalue weighted by Crippen LogP contribution is -2.35. The second-order valence-electron chi connectivity index (χ2n) is 5.18. The number of ether oxygens (including phenoxy) is 1. The minimum absolute atomic E-state index is 0.132. The van der Waals surface area contributed by atoms with Gasteiger partial charge in [0.2, 0.25) is 0 Å². The highest BCUT2D eigenvalue weighted by atomic mass is 16.5. The number of benzene rings is 1. The van der Waals surface area contributed by atoms with E-state index < -0.39 is 0 Å². The van der Waals surface area contributed by atoms with Gasteiger partial charge in [-0.1, -0.05) is 0 Å². The van der Waals surface area contributed by atoms with Crippen LogP contribution in [0.1, 0.15) is 43.0 Å². The van der Waals surface area contributed by atoms with E-state index in [4.69, 9.17) is 10.5 Å². The van der Waals surface area contributed by atoms with E-state index in [-0.39, 0.29) is 5.91 Å². The first-order valence-electron chi connectivity index (χ1n) is 7.50. The van der Waals surface area contributed by atoms with Gasteiger partial charge in [-0.2, -0.15) is 0 Å². The van der Waals surface area contributed by atoms with Crippen LogP contribution >= 0.6 is 0 Å². The molecule has 2 N–H and O–H groups in total. The van der Waals surface area contributed by atoms with Crippen LogP contribution in [0, 0.1) is 0 Å². The van der Waals surface area contributed by atoms with Crippen molar-refractivity contribution in [3.8, 4) is 5.75 Å². The van der Waals surface area contributed by atoms with E-state index in [2.05, 4.69) is 0 Å². The Morgan fingerprint density at radius 1 is 1.40 bits per heavy atom. The van der Waals surface area contributed by atoms with E-state index in [1.165, 1.54) is 0 Å². The van der Waals surface area contributed by atoms with E-state index in [0.29, 0.717) is 19.2 Å². The number of likely N-dealkylation sites (tertiary alicyclic amines) is 1. The number of amides is 1. The van der Waals surface area contributed by atoms with Crippen LogP contribution in [0.3, 0.4) is 0 Å². The molecule has 0 saturated carbocycles. The molecular formula is C16H24N2O2. The summed E-state index contributed by atoms with van der Waals surface area (Å²) in [4.78, 5) is 14.5. The summed E-state index contributed by atoms with van der Waals surface area (Å²) in [5.41, 5.74) is 6.31. The maximum absolute atomic E-state index is 12.5. The molecule has 1 saturated heterocycles. The van der Waals surface area contributed by atoms with Gasteiger partial charge in [0, 0.05) is 18.2 Å². The molecule has 4 nitrogen and oxygen atoms in total. The van der Waals surface area contributed by atoms with Gasteiger partial charge >= 0.3 is 0 Å². The minimum atomic E-state index is 0.132. The Labute approximate surface area is 120 Å². The standard InChI is InChI=1S/C16H24N2O2/c1-2-20-15-9-7-13(8-10-15)16(19)18-12-4-6-14(18)5-3-11-17/h7-10,14H,2-6,11-12,17H2,1H3. The molecule has 1 aliphatic rings. The molecule has 0 spiro atoms. The fraction of sp³-hybridized carbons (Fsp3) is 0.562. The van der Waals surface area contributed by atoms with Crippen LogP contribution in [0.25, 0.3) is 0 Å². The number of nitrogens with zero attached hydrogens (tertiary/aromatic N) is 1. The summed E-state index contributed by atoms with van der Waals surface area (Å²) in [6.07, 6.45) is 4.19. The molecule has 0 aliphatic carbocycles. The normalized spacial score (nSPS) is 18.3. The first kappa shape index (κ1) is 14.9. The Bertz CT molecular complexity index is 431. The van der Waals surface area contributed by atoms with Crippen molar-refractivity contribution < 1.29 is 9.53 Å². The number of nitrogens with two attached hydrogens (primary N) is 1. The Morgan fingerprint density at radius 2 is 2.15 bits per heavy atom. The van der Waals surface area contributed by atoms with Crippen molar-refractivity contribution in [1.82, 2.24) is 4.90 Å². The van der Waals surface area contributed by atoms with Gasteiger partial charge in [0.15, 0.2) is 0 Å². The Balaban J connectivity index is 2.02. The number of carbonyl (C=O) groups is 1. The van der Waals surface area contributed by atoms with Crippen LogP contribution in [-0.2, 0) is 0 Å². The molecule has 2 rings (SSSR count). The van der Waals surface area contributed by atoms with Crippen molar-refractivity contribution in [2.24, 2.45) is 5.73 Å². The van der Waals surface area contributed by atoms with Gasteiger partial charge in [0.25, 0.3) is 5.91 Å². The van der Waals surface area contributed by atoms with Crippen LogP contribution < -0.4 is 10.5 Å². The lowest BCUT2D eigenvalue weighted by Gasteiger charge is -2.24. The van der Waals surface area contributed by atoms with Gasteiger partial charge in [0.1, 0.15) is 5.75 Å². The molecule has 0 bridgehead atoms. The molecule has 20 heavy (non-hydrogen) atoms. The number of hydrogen-bond donors (Lipinski definition) is 1. The fourth-order valence-corrected chi connectivity index (χ4v) is 2.78. The van der Waals surface area contributed by atoms with Gasteiger partial charge in [-0.25, -0.2) is 0 Å². The van der Waals surface area contributed by atoms with Crippen molar-refractivity contribution in [3.05, 3.63) is 29.8 Å². The molecule has 1 amide bonds. The van der Waals surface area contributed by atoms with Crippen molar-refractivity contribution >= 4 is 5.91 Å². The second-order valence-corrected chi connectivity index (χ2v) is 5.18. The number of carbonyl (C=O) groups excluding carboxylic acids is 1. The second kappa shape index (κ2) is 7.29. The average Bonchev–Trinajstić information content (AvgIpc) is 2.94. The zero-order valence-corrected chi connectivity index (χ0v) is 12.2. The van der Waals surface area contributed by atoms with Crippen LogP contribution in [0.5, 0.6) is 5.75 Å². The molecule has 1 aliphatic heterocycles. The molecular weight excluding hydrogens is 252 g/mol. The fourth-order valence-electron chi connectivity index (χ4n) is 2.78. The summed E-state index contributed by atoms with van der Waals surface area (Å²) < 4.78 is 5.40. The SMILES string of the molecule is CCOc1ccc(C(=O)N2CCCC2CCCN)cc1. The largest absolute Gasteiger partial charge is 0.494 e. The van der Waals surface area contributed by atoms with Crippen LogP contribution in [0.15, 0.2) is 24.3 Å². The average molecular weight is 276 g/mol. The molecule has 4 heteroatoms. The van der Waals surface area contributed by atoms with E-state index >= 15 is 0 Å². The van der Waals surface area contributed by atoms with E-state index in [1.807, 2.05) is 36.1 Å². The van der Waals surface area contributed by atoms with E-state index in [0.717, 1.165) is 43.5 Å². The van der Waals surface area contributed by atoms with Crippen LogP contribution in [0.4, 0.5) is 0 Å². The highest BCUT2D eigenvalue weighted by Crippen LogP contribution is 2.24. The maximum atomic E-state index is 12.5. The third-order valence-electron chi connectivity index (χ3n) is 3.79.